The molecule has 1 aromatic carbocycles. The second-order valence-electron chi connectivity index (χ2n) is 22.7. The lowest BCUT2D eigenvalue weighted by molar-refractivity contribution is -0.148. The highest BCUT2D eigenvalue weighted by atomic mass is 16.5. The molecule has 74 heavy (non-hydrogen) atoms. The zero-order chi connectivity index (χ0) is 53.6. The minimum absolute atomic E-state index is 0.0214. The van der Waals surface area contributed by atoms with Gasteiger partial charge in [-0.15, -0.1) is 11.8 Å². The minimum atomic E-state index is -1.14. The number of methoxy groups -OCH3 is 2. The van der Waals surface area contributed by atoms with Crippen LogP contribution in [0.1, 0.15) is 143 Å². The first-order valence-corrected chi connectivity index (χ1v) is 28.1. The van der Waals surface area contributed by atoms with Gasteiger partial charge in [0, 0.05) is 65.7 Å². The third-order valence-corrected chi connectivity index (χ3v) is 17.6. The van der Waals surface area contributed by atoms with Gasteiger partial charge in [-0.05, 0) is 106 Å². The Morgan fingerprint density at radius 2 is 1.58 bits per heavy atom. The van der Waals surface area contributed by atoms with E-state index in [1.54, 1.807) is 30.9 Å². The lowest BCUT2D eigenvalue weighted by Gasteiger charge is -2.42. The van der Waals surface area contributed by atoms with Gasteiger partial charge in [0.05, 0.1) is 49.3 Å². The van der Waals surface area contributed by atoms with Crippen LogP contribution in [0.25, 0.3) is 0 Å². The van der Waals surface area contributed by atoms with Gasteiger partial charge in [0.15, 0.2) is 0 Å². The Kier molecular flexibility index (Phi) is 22.1. The van der Waals surface area contributed by atoms with Crippen LogP contribution in [-0.2, 0) is 44.6 Å². The summed E-state index contributed by atoms with van der Waals surface area (Å²) in [6.07, 6.45) is 11.2. The van der Waals surface area contributed by atoms with Crippen LogP contribution in [0, 0.1) is 53.3 Å². The molecule has 2 heterocycles. The number of unbranched alkanes of at least 4 members (excludes halogenated alkanes) is 2. The Labute approximate surface area is 441 Å². The summed E-state index contributed by atoms with van der Waals surface area (Å²) < 4.78 is 17.7. The van der Waals surface area contributed by atoms with E-state index in [4.69, 9.17) is 14.2 Å². The number of carbonyl (C=O) groups is 6. The quantitative estimate of drug-likeness (QED) is 0.0508. The van der Waals surface area contributed by atoms with Crippen molar-refractivity contribution in [3.63, 3.8) is 0 Å². The van der Waals surface area contributed by atoms with E-state index in [2.05, 4.69) is 39.6 Å². The Bertz CT molecular complexity index is 2080. The van der Waals surface area contributed by atoms with Gasteiger partial charge in [0.25, 0.3) is 0 Å². The Hall–Kier alpha value is -4.72. The number of carboxylic acid groups (broad SMARTS) is 1. The summed E-state index contributed by atoms with van der Waals surface area (Å²) in [6, 6.07) is 6.43. The highest BCUT2D eigenvalue weighted by molar-refractivity contribution is 5.91. The number of likely N-dealkylation sites (N-methyl/N-ethyl adjacent to an activating group) is 1. The van der Waals surface area contributed by atoms with Gasteiger partial charge in [0.1, 0.15) is 12.1 Å². The van der Waals surface area contributed by atoms with E-state index in [0.717, 1.165) is 76.2 Å². The van der Waals surface area contributed by atoms with Gasteiger partial charge in [0.2, 0.25) is 23.6 Å². The van der Waals surface area contributed by atoms with Crippen molar-refractivity contribution in [1.82, 2.24) is 30.7 Å². The van der Waals surface area contributed by atoms with Gasteiger partial charge in [-0.25, -0.2) is 9.59 Å². The molecule has 16 heteroatoms. The van der Waals surface area contributed by atoms with Crippen molar-refractivity contribution in [3.8, 4) is 11.8 Å². The molecule has 2 bridgehead atoms. The maximum absolute atomic E-state index is 14.8. The van der Waals surface area contributed by atoms with E-state index >= 15 is 0 Å². The van der Waals surface area contributed by atoms with Crippen LogP contribution in [0.5, 0.6) is 0 Å². The number of likely N-dealkylation sites (tertiary alicyclic amines) is 2. The van der Waals surface area contributed by atoms with Crippen molar-refractivity contribution >= 4 is 35.7 Å². The number of fused-ring (bicyclic) bond motifs is 3. The van der Waals surface area contributed by atoms with Crippen molar-refractivity contribution < 1.29 is 48.1 Å². The largest absolute Gasteiger partial charge is 0.480 e. The summed E-state index contributed by atoms with van der Waals surface area (Å²) in [4.78, 5) is 88.0. The molecule has 2 saturated carbocycles. The highest BCUT2D eigenvalue weighted by Crippen LogP contribution is 2.52. The van der Waals surface area contributed by atoms with Gasteiger partial charge >= 0.3 is 12.1 Å². The first-order valence-electron chi connectivity index (χ1n) is 28.1. The van der Waals surface area contributed by atoms with E-state index in [-0.39, 0.29) is 66.5 Å². The second-order valence-corrected chi connectivity index (χ2v) is 22.7. The molecule has 4 fully saturated rings. The van der Waals surface area contributed by atoms with Crippen LogP contribution in [0.15, 0.2) is 30.3 Å². The summed E-state index contributed by atoms with van der Waals surface area (Å²) >= 11 is 0. The van der Waals surface area contributed by atoms with Gasteiger partial charge in [-0.2, -0.15) is 0 Å². The molecule has 412 valence electrons. The number of rotatable bonds is 28. The standard InChI is InChI=1S/C58H90N6O10/c1-10-37(4)51(48(72-8)34-49(65)63-31-21-27-47(63)53(73-9)39(6)54(66)60-46(57(69)70)32-40-23-16-13-17-24-40)62(7)56(68)50(36(2)3)61-55(67)52-41-28-29-42(33-41)64(52)38(5)22-15-14-20-30-59-58(71)74-35-45-43-25-18-11-12-19-26-44(43)45/h13,16-17,23-24,36-39,41-48,50-53H,10,14-15,18-22,25-35H2,1-9H3,(H,59,71)(H,60,66)(H,61,67)(H,69,70)/t37-,38?,39+,41-,42+,43-,44+,45-,46-,47-,48+,50-,51-,52-,53+/m0/s1. The van der Waals surface area contributed by atoms with E-state index in [9.17, 15) is 33.9 Å². The fourth-order valence-electron chi connectivity index (χ4n) is 13.2. The number of benzene rings is 1. The van der Waals surface area contributed by atoms with Gasteiger partial charge < -0.3 is 45.1 Å². The number of carboxylic acids is 1. The number of amides is 5. The predicted molar refractivity (Wildman–Crippen MR) is 283 cm³/mol. The molecule has 16 nitrogen and oxygen atoms in total. The van der Waals surface area contributed by atoms with Crippen LogP contribution in [0.4, 0.5) is 4.79 Å². The second kappa shape index (κ2) is 27.9. The maximum Gasteiger partial charge on any atom is 0.407 e. The van der Waals surface area contributed by atoms with Crippen LogP contribution in [0.2, 0.25) is 0 Å². The van der Waals surface area contributed by atoms with E-state index in [0.29, 0.717) is 62.8 Å². The summed E-state index contributed by atoms with van der Waals surface area (Å²) in [5, 5.41) is 18.9. The lowest BCUT2D eigenvalue weighted by atomic mass is 9.89. The van der Waals surface area contributed by atoms with E-state index in [1.807, 2.05) is 58.0 Å². The number of piperidine rings is 1. The van der Waals surface area contributed by atoms with Crippen LogP contribution < -0.4 is 16.0 Å². The Morgan fingerprint density at radius 1 is 0.878 bits per heavy atom. The van der Waals surface area contributed by atoms with E-state index < -0.39 is 54.2 Å². The van der Waals surface area contributed by atoms with Crippen LogP contribution in [-0.4, -0.2) is 151 Å². The molecule has 1 aromatic rings. The van der Waals surface area contributed by atoms with Crippen molar-refractivity contribution in [3.05, 3.63) is 35.9 Å². The molecule has 15 atom stereocenters. The van der Waals surface area contributed by atoms with Crippen molar-refractivity contribution in [1.29, 1.82) is 0 Å². The van der Waals surface area contributed by atoms with Gasteiger partial charge in [-0.3, -0.25) is 24.1 Å². The summed E-state index contributed by atoms with van der Waals surface area (Å²) in [5.74, 6) is 5.26. The zero-order valence-electron chi connectivity index (χ0n) is 46.0. The van der Waals surface area contributed by atoms with E-state index in [1.165, 1.54) is 7.11 Å². The summed E-state index contributed by atoms with van der Waals surface area (Å²) in [5.41, 5.74) is 0.782. The van der Waals surface area contributed by atoms with Gasteiger partial charge in [-0.1, -0.05) is 84.2 Å². The third kappa shape index (κ3) is 14.8. The molecule has 0 radical (unpaired) electrons. The summed E-state index contributed by atoms with van der Waals surface area (Å²) in [6.45, 7) is 13.4. The minimum Gasteiger partial charge on any atom is -0.480 e. The van der Waals surface area contributed by atoms with Crippen LogP contribution in [0.3, 0.4) is 0 Å². The molecular formula is C58H90N6O10. The molecular weight excluding hydrogens is 941 g/mol. The molecule has 1 unspecified atom stereocenters. The van der Waals surface area contributed by atoms with Crippen LogP contribution >= 0.6 is 0 Å². The number of alkyl carbamates (subject to hydrolysis) is 1. The fourth-order valence-corrected chi connectivity index (χ4v) is 13.2. The smallest absolute Gasteiger partial charge is 0.407 e. The molecule has 0 spiro atoms. The highest BCUT2D eigenvalue weighted by Gasteiger charge is 2.52. The molecule has 5 aliphatic rings. The molecule has 5 amide bonds. The SMILES string of the molecule is CC[C@H](C)[C@@H]([C@@H](CC(=O)N1CCC[C@H]1[C@H](OC)[C@@H](C)C(=O)N[C@@H](Cc1ccccc1)C(=O)O)OC)N(C)C(=O)[C@@H](NC(=O)[C@@H]1[C@H]2CC[C@H](C2)N1C(C)CCCCCNC(=O)OC[C@@H]1[C@@H]2CCC#CCC[C@@H]21)C(C)C. The molecule has 2 aliphatic heterocycles. The Morgan fingerprint density at radius 3 is 2.22 bits per heavy atom. The number of nitrogens with one attached hydrogen (secondary N) is 3. The number of hydrogen-bond donors (Lipinski definition) is 4. The lowest BCUT2D eigenvalue weighted by Crippen LogP contribution is -2.61. The van der Waals surface area contributed by atoms with Crippen molar-refractivity contribution in [2.24, 2.45) is 41.4 Å². The van der Waals surface area contributed by atoms with Crippen molar-refractivity contribution in [2.45, 2.75) is 199 Å². The Balaban J connectivity index is 1.01. The average molecular weight is 1030 g/mol. The number of aliphatic carboxylic acids is 1. The number of hydrogen-bond acceptors (Lipinski definition) is 10. The molecule has 0 aromatic heterocycles. The number of carbonyl (C=O) groups excluding carboxylic acids is 5. The number of ether oxygens (including phenoxy) is 3. The first kappa shape index (κ1) is 58.5. The topological polar surface area (TPSA) is 196 Å². The fraction of sp³-hybridized carbons (Fsp3) is 0.759. The monoisotopic (exact) mass is 1030 g/mol. The summed E-state index contributed by atoms with van der Waals surface area (Å²) in [7, 11) is 4.82. The predicted octanol–water partition coefficient (Wildman–Crippen LogP) is 6.83. The molecule has 2 saturated heterocycles. The molecule has 4 N–H and O–H groups in total. The third-order valence-electron chi connectivity index (χ3n) is 17.6. The average Bonchev–Trinajstić information content (AvgIpc) is 3.81. The normalized spacial score (nSPS) is 26.4. The molecule has 3 aliphatic carbocycles. The molecule has 6 rings (SSSR count). The first-order chi connectivity index (χ1) is 35.5. The number of nitrogens with zero attached hydrogens (tertiary/aromatic N) is 3. The zero-order valence-corrected chi connectivity index (χ0v) is 46.0. The maximum atomic E-state index is 14.8. The van der Waals surface area contributed by atoms with Crippen molar-refractivity contribution in [2.75, 3.05) is 41.0 Å².